The van der Waals surface area contributed by atoms with E-state index >= 15 is 0 Å². The summed E-state index contributed by atoms with van der Waals surface area (Å²) < 4.78 is 10.5. The molecule has 3 aromatic rings. The Morgan fingerprint density at radius 3 is 2.55 bits per heavy atom. The average molecular weight is 388 g/mol. The maximum atomic E-state index is 12.4. The molecule has 7 nitrogen and oxygen atoms in total. The Kier molecular flexibility index (Phi) is 6.28. The van der Waals surface area contributed by atoms with Crippen molar-refractivity contribution in [2.24, 2.45) is 0 Å². The van der Waals surface area contributed by atoms with Crippen LogP contribution in [0.15, 0.2) is 60.8 Å². The number of hydrogen-bond donors (Lipinski definition) is 2. The van der Waals surface area contributed by atoms with Crippen LogP contribution in [-0.2, 0) is 6.54 Å². The van der Waals surface area contributed by atoms with Crippen molar-refractivity contribution < 1.29 is 14.3 Å². The summed E-state index contributed by atoms with van der Waals surface area (Å²) in [5.41, 5.74) is 3.25. The Morgan fingerprint density at radius 2 is 1.86 bits per heavy atom. The standard InChI is InChI=1S/C22H20N4O3/c1-28-20-9-6-16(11-21(20)29-2)13-25-22(27)19-8-7-18(14-24-19)26-17-5-3-4-15(10-17)12-23/h3-11,14,26H,13H2,1-2H3,(H,25,27). The van der Waals surface area contributed by atoms with E-state index in [-0.39, 0.29) is 5.91 Å². The third-order valence-corrected chi connectivity index (χ3v) is 4.18. The quantitative estimate of drug-likeness (QED) is 0.641. The Labute approximate surface area is 168 Å². The van der Waals surface area contributed by atoms with Crippen LogP contribution in [0.4, 0.5) is 11.4 Å². The van der Waals surface area contributed by atoms with E-state index in [2.05, 4.69) is 21.7 Å². The van der Waals surface area contributed by atoms with Crippen molar-refractivity contribution >= 4 is 17.3 Å². The van der Waals surface area contributed by atoms with Gasteiger partial charge in [0.15, 0.2) is 11.5 Å². The lowest BCUT2D eigenvalue weighted by atomic mass is 10.2. The number of carbonyl (C=O) groups is 1. The number of amides is 1. The minimum absolute atomic E-state index is 0.280. The monoisotopic (exact) mass is 388 g/mol. The summed E-state index contributed by atoms with van der Waals surface area (Å²) in [7, 11) is 3.14. The Hall–Kier alpha value is -4.05. The van der Waals surface area contributed by atoms with E-state index in [1.165, 1.54) is 0 Å². The van der Waals surface area contributed by atoms with Gasteiger partial charge in [-0.15, -0.1) is 0 Å². The van der Waals surface area contributed by atoms with Crippen molar-refractivity contribution in [3.63, 3.8) is 0 Å². The molecule has 29 heavy (non-hydrogen) atoms. The fourth-order valence-corrected chi connectivity index (χ4v) is 2.70. The summed E-state index contributed by atoms with van der Waals surface area (Å²) in [5, 5.41) is 15.0. The summed E-state index contributed by atoms with van der Waals surface area (Å²) in [4.78, 5) is 16.6. The number of nitriles is 1. The van der Waals surface area contributed by atoms with Gasteiger partial charge in [-0.05, 0) is 48.0 Å². The van der Waals surface area contributed by atoms with Gasteiger partial charge < -0.3 is 20.1 Å². The Balaban J connectivity index is 1.61. The molecule has 3 rings (SSSR count). The molecule has 0 saturated heterocycles. The number of rotatable bonds is 7. The van der Waals surface area contributed by atoms with E-state index in [0.717, 1.165) is 16.9 Å². The maximum Gasteiger partial charge on any atom is 0.270 e. The van der Waals surface area contributed by atoms with Crippen LogP contribution < -0.4 is 20.1 Å². The zero-order chi connectivity index (χ0) is 20.6. The number of aromatic nitrogens is 1. The van der Waals surface area contributed by atoms with Crippen molar-refractivity contribution in [2.75, 3.05) is 19.5 Å². The summed E-state index contributed by atoms with van der Waals surface area (Å²) in [6.07, 6.45) is 1.57. The molecule has 1 amide bonds. The smallest absolute Gasteiger partial charge is 0.270 e. The fourth-order valence-electron chi connectivity index (χ4n) is 2.70. The first-order valence-corrected chi connectivity index (χ1v) is 8.85. The molecule has 0 radical (unpaired) electrons. The fraction of sp³-hybridized carbons (Fsp3) is 0.136. The molecule has 0 bridgehead atoms. The number of benzene rings is 2. The molecule has 2 N–H and O–H groups in total. The molecule has 1 heterocycles. The summed E-state index contributed by atoms with van der Waals surface area (Å²) >= 11 is 0. The average Bonchev–Trinajstić information content (AvgIpc) is 2.77. The van der Waals surface area contributed by atoms with Crippen LogP contribution in [0.2, 0.25) is 0 Å². The van der Waals surface area contributed by atoms with Crippen LogP contribution in [0, 0.1) is 11.3 Å². The second-order valence-electron chi connectivity index (χ2n) is 6.12. The zero-order valence-corrected chi connectivity index (χ0v) is 16.1. The summed E-state index contributed by atoms with van der Waals surface area (Å²) in [5.74, 6) is 0.957. The topological polar surface area (TPSA) is 96.3 Å². The molecule has 0 aliphatic rings. The molecule has 0 fully saturated rings. The van der Waals surface area contributed by atoms with E-state index in [9.17, 15) is 4.79 Å². The molecule has 0 saturated carbocycles. The number of anilines is 2. The Morgan fingerprint density at radius 1 is 1.03 bits per heavy atom. The van der Waals surface area contributed by atoms with Gasteiger partial charge in [-0.1, -0.05) is 12.1 Å². The largest absolute Gasteiger partial charge is 0.493 e. The minimum Gasteiger partial charge on any atom is -0.493 e. The number of methoxy groups -OCH3 is 2. The lowest BCUT2D eigenvalue weighted by molar-refractivity contribution is 0.0946. The molecule has 0 spiro atoms. The SMILES string of the molecule is COc1ccc(CNC(=O)c2ccc(Nc3cccc(C#N)c3)cn2)cc1OC. The third-order valence-electron chi connectivity index (χ3n) is 4.18. The highest BCUT2D eigenvalue weighted by atomic mass is 16.5. The van der Waals surface area contributed by atoms with Gasteiger partial charge in [0.25, 0.3) is 5.91 Å². The first-order chi connectivity index (χ1) is 14.1. The van der Waals surface area contributed by atoms with Gasteiger partial charge >= 0.3 is 0 Å². The van der Waals surface area contributed by atoms with Crippen LogP contribution in [0.3, 0.4) is 0 Å². The van der Waals surface area contributed by atoms with Gasteiger partial charge in [0.05, 0.1) is 37.7 Å². The van der Waals surface area contributed by atoms with Crippen molar-refractivity contribution in [2.45, 2.75) is 6.54 Å². The number of nitrogens with zero attached hydrogens (tertiary/aromatic N) is 2. The van der Waals surface area contributed by atoms with Crippen LogP contribution in [0.25, 0.3) is 0 Å². The first-order valence-electron chi connectivity index (χ1n) is 8.85. The van der Waals surface area contributed by atoms with Crippen molar-refractivity contribution in [1.82, 2.24) is 10.3 Å². The lowest BCUT2D eigenvalue weighted by Gasteiger charge is -2.10. The molecule has 0 aliphatic heterocycles. The predicted octanol–water partition coefficient (Wildman–Crippen LogP) is 3.64. The molecule has 146 valence electrons. The number of pyridine rings is 1. The minimum atomic E-state index is -0.280. The molecule has 0 aliphatic carbocycles. The Bertz CT molecular complexity index is 1040. The highest BCUT2D eigenvalue weighted by Gasteiger charge is 2.09. The number of ether oxygens (including phenoxy) is 2. The van der Waals surface area contributed by atoms with E-state index in [4.69, 9.17) is 14.7 Å². The highest BCUT2D eigenvalue weighted by molar-refractivity contribution is 5.92. The van der Waals surface area contributed by atoms with Crippen molar-refractivity contribution in [3.8, 4) is 17.6 Å². The van der Waals surface area contributed by atoms with Gasteiger partial charge in [0.1, 0.15) is 5.69 Å². The second-order valence-corrected chi connectivity index (χ2v) is 6.12. The summed E-state index contributed by atoms with van der Waals surface area (Å²) in [6.45, 7) is 0.335. The highest BCUT2D eigenvalue weighted by Crippen LogP contribution is 2.27. The normalized spacial score (nSPS) is 9.97. The number of hydrogen-bond acceptors (Lipinski definition) is 6. The molecular weight excluding hydrogens is 368 g/mol. The molecule has 0 atom stereocenters. The maximum absolute atomic E-state index is 12.4. The number of nitrogens with one attached hydrogen (secondary N) is 2. The van der Waals surface area contributed by atoms with Gasteiger partial charge in [-0.3, -0.25) is 4.79 Å². The van der Waals surface area contributed by atoms with E-state index in [0.29, 0.717) is 29.3 Å². The summed E-state index contributed by atoms with van der Waals surface area (Å²) in [6, 6.07) is 18.1. The van der Waals surface area contributed by atoms with Crippen LogP contribution in [0.1, 0.15) is 21.6 Å². The predicted molar refractivity (Wildman–Crippen MR) is 109 cm³/mol. The van der Waals surface area contributed by atoms with Crippen molar-refractivity contribution in [3.05, 3.63) is 77.6 Å². The van der Waals surface area contributed by atoms with Gasteiger partial charge in [-0.2, -0.15) is 5.26 Å². The zero-order valence-electron chi connectivity index (χ0n) is 16.1. The van der Waals surface area contributed by atoms with Crippen LogP contribution >= 0.6 is 0 Å². The van der Waals surface area contributed by atoms with E-state index in [1.54, 1.807) is 56.8 Å². The second kappa shape index (κ2) is 9.24. The molecule has 7 heteroatoms. The van der Waals surface area contributed by atoms with Gasteiger partial charge in [-0.25, -0.2) is 4.98 Å². The molecule has 1 aromatic heterocycles. The first kappa shape index (κ1) is 19.7. The van der Waals surface area contributed by atoms with Gasteiger partial charge in [0, 0.05) is 12.2 Å². The van der Waals surface area contributed by atoms with Crippen LogP contribution in [0.5, 0.6) is 11.5 Å². The number of carbonyl (C=O) groups excluding carboxylic acids is 1. The van der Waals surface area contributed by atoms with Crippen LogP contribution in [-0.4, -0.2) is 25.1 Å². The van der Waals surface area contributed by atoms with Gasteiger partial charge in [0.2, 0.25) is 0 Å². The van der Waals surface area contributed by atoms with E-state index < -0.39 is 0 Å². The molecule has 2 aromatic carbocycles. The molecule has 0 unspecified atom stereocenters. The van der Waals surface area contributed by atoms with E-state index in [1.807, 2.05) is 18.2 Å². The lowest BCUT2D eigenvalue weighted by Crippen LogP contribution is -2.23. The molecular formula is C22H20N4O3. The van der Waals surface area contributed by atoms with Crippen molar-refractivity contribution in [1.29, 1.82) is 5.26 Å². The third kappa shape index (κ3) is 5.02.